The molecule has 3 rings (SSSR count). The van der Waals surface area contributed by atoms with Crippen molar-refractivity contribution in [3.05, 3.63) is 70.8 Å². The van der Waals surface area contributed by atoms with Crippen molar-refractivity contribution in [3.8, 4) is 6.07 Å². The van der Waals surface area contributed by atoms with E-state index >= 15 is 0 Å². The average molecular weight is 327 g/mol. The van der Waals surface area contributed by atoms with Gasteiger partial charge in [-0.05, 0) is 35.9 Å². The van der Waals surface area contributed by atoms with Crippen LogP contribution in [0.5, 0.6) is 0 Å². The Morgan fingerprint density at radius 2 is 2.08 bits per heavy atom. The van der Waals surface area contributed by atoms with Crippen LogP contribution in [0.4, 0.5) is 8.78 Å². The lowest BCUT2D eigenvalue weighted by Gasteiger charge is -2.34. The second kappa shape index (κ2) is 6.77. The lowest BCUT2D eigenvalue weighted by molar-refractivity contribution is 0.0703. The van der Waals surface area contributed by atoms with Crippen molar-refractivity contribution < 1.29 is 13.6 Å². The molecule has 1 aliphatic rings. The van der Waals surface area contributed by atoms with Gasteiger partial charge < -0.3 is 10.2 Å². The zero-order chi connectivity index (χ0) is 17.1. The van der Waals surface area contributed by atoms with E-state index in [1.54, 1.807) is 23.1 Å². The zero-order valence-electron chi connectivity index (χ0n) is 12.8. The van der Waals surface area contributed by atoms with Crippen molar-refractivity contribution in [1.82, 2.24) is 10.2 Å². The summed E-state index contributed by atoms with van der Waals surface area (Å²) in [7, 11) is 0. The fraction of sp³-hybridized carbons (Fsp3) is 0.222. The average Bonchev–Trinajstić information content (AvgIpc) is 2.61. The van der Waals surface area contributed by atoms with Gasteiger partial charge in [0.2, 0.25) is 0 Å². The zero-order valence-corrected chi connectivity index (χ0v) is 12.8. The summed E-state index contributed by atoms with van der Waals surface area (Å²) in [6.07, 6.45) is 0. The molecule has 1 heterocycles. The van der Waals surface area contributed by atoms with Crippen molar-refractivity contribution in [2.75, 3.05) is 19.6 Å². The Bertz CT molecular complexity index is 816. The molecule has 1 amide bonds. The van der Waals surface area contributed by atoms with E-state index in [1.165, 1.54) is 24.3 Å². The van der Waals surface area contributed by atoms with Crippen molar-refractivity contribution >= 4 is 5.91 Å². The van der Waals surface area contributed by atoms with Gasteiger partial charge in [-0.2, -0.15) is 5.26 Å². The summed E-state index contributed by atoms with van der Waals surface area (Å²) in [4.78, 5) is 14.2. The van der Waals surface area contributed by atoms with Crippen LogP contribution < -0.4 is 5.32 Å². The number of nitrogens with zero attached hydrogens (tertiary/aromatic N) is 2. The van der Waals surface area contributed by atoms with Gasteiger partial charge in [0.25, 0.3) is 5.91 Å². The summed E-state index contributed by atoms with van der Waals surface area (Å²) < 4.78 is 26.8. The Balaban J connectivity index is 1.79. The highest BCUT2D eigenvalue weighted by Gasteiger charge is 2.25. The molecule has 1 aliphatic heterocycles. The lowest BCUT2D eigenvalue weighted by atomic mass is 10.0. The fourth-order valence-electron chi connectivity index (χ4n) is 2.81. The maximum Gasteiger partial charge on any atom is 0.254 e. The minimum atomic E-state index is -0.646. The van der Waals surface area contributed by atoms with Crippen molar-refractivity contribution in [2.24, 2.45) is 0 Å². The Morgan fingerprint density at radius 1 is 1.25 bits per heavy atom. The topological polar surface area (TPSA) is 56.1 Å². The lowest BCUT2D eigenvalue weighted by Crippen LogP contribution is -2.48. The number of piperazine rings is 1. The molecular formula is C18H15F2N3O. The number of halogens is 2. The molecular weight excluding hydrogens is 312 g/mol. The summed E-state index contributed by atoms with van der Waals surface area (Å²) in [5.41, 5.74) is 0.884. The maximum atomic E-state index is 13.4. The molecule has 0 radical (unpaired) electrons. The number of carbonyl (C=O) groups excluding carboxylic acids is 1. The van der Waals surface area contributed by atoms with Gasteiger partial charge in [0.05, 0.1) is 11.6 Å². The summed E-state index contributed by atoms with van der Waals surface area (Å²) in [6.45, 7) is 1.44. The van der Waals surface area contributed by atoms with Crippen LogP contribution in [0.15, 0.2) is 42.5 Å². The molecule has 0 aromatic heterocycles. The molecule has 1 saturated heterocycles. The van der Waals surface area contributed by atoms with Crippen molar-refractivity contribution in [1.29, 1.82) is 5.26 Å². The summed E-state index contributed by atoms with van der Waals surface area (Å²) >= 11 is 0. The predicted molar refractivity (Wildman–Crippen MR) is 84.2 cm³/mol. The number of benzene rings is 2. The van der Waals surface area contributed by atoms with E-state index in [-0.39, 0.29) is 28.9 Å². The first-order chi connectivity index (χ1) is 11.6. The van der Waals surface area contributed by atoms with Gasteiger partial charge in [0.15, 0.2) is 0 Å². The molecule has 0 saturated carbocycles. The highest BCUT2D eigenvalue weighted by Crippen LogP contribution is 2.20. The summed E-state index contributed by atoms with van der Waals surface area (Å²) in [5, 5.41) is 12.1. The van der Waals surface area contributed by atoms with Gasteiger partial charge in [-0.15, -0.1) is 0 Å². The van der Waals surface area contributed by atoms with Crippen molar-refractivity contribution in [2.45, 2.75) is 6.04 Å². The third-order valence-corrected chi connectivity index (χ3v) is 4.05. The van der Waals surface area contributed by atoms with Gasteiger partial charge in [-0.3, -0.25) is 4.79 Å². The predicted octanol–water partition coefficient (Wildman–Crippen LogP) is 2.62. The highest BCUT2D eigenvalue weighted by molar-refractivity contribution is 5.94. The number of hydrogen-bond acceptors (Lipinski definition) is 3. The summed E-state index contributed by atoms with van der Waals surface area (Å²) in [5.74, 6) is -1.24. The quantitative estimate of drug-likeness (QED) is 0.922. The largest absolute Gasteiger partial charge is 0.335 e. The van der Waals surface area contributed by atoms with Crippen LogP contribution in [0.1, 0.15) is 27.5 Å². The molecule has 1 N–H and O–H groups in total. The molecule has 2 aromatic rings. The van der Waals surface area contributed by atoms with Gasteiger partial charge in [-0.1, -0.05) is 12.1 Å². The van der Waals surface area contributed by atoms with E-state index in [1.807, 2.05) is 0 Å². The van der Waals surface area contributed by atoms with Crippen molar-refractivity contribution in [3.63, 3.8) is 0 Å². The van der Waals surface area contributed by atoms with Crippen LogP contribution in [-0.2, 0) is 0 Å². The number of rotatable bonds is 2. The molecule has 0 bridgehead atoms. The number of nitriles is 1. The first-order valence-corrected chi connectivity index (χ1v) is 7.56. The molecule has 2 aromatic carbocycles. The van der Waals surface area contributed by atoms with E-state index in [2.05, 4.69) is 5.32 Å². The Hall–Kier alpha value is -2.78. The number of nitrogens with one attached hydrogen (secondary N) is 1. The molecule has 1 fully saturated rings. The smallest absolute Gasteiger partial charge is 0.254 e. The third-order valence-electron chi connectivity index (χ3n) is 4.05. The first-order valence-electron chi connectivity index (χ1n) is 7.56. The van der Waals surface area contributed by atoms with E-state index in [4.69, 9.17) is 5.26 Å². The molecule has 1 unspecified atom stereocenters. The standard InChI is InChI=1S/C18H15F2N3O/c19-15-3-1-2-12(9-15)17-11-23(7-6-22-17)18(24)13-4-5-16(20)14(8-13)10-21/h1-5,8-9,17,22H,6-7,11H2. The van der Waals surface area contributed by atoms with Crippen LogP contribution in [-0.4, -0.2) is 30.4 Å². The number of amides is 1. The van der Waals surface area contributed by atoms with E-state index in [0.717, 1.165) is 11.6 Å². The second-order valence-corrected chi connectivity index (χ2v) is 5.62. The second-order valence-electron chi connectivity index (χ2n) is 5.62. The number of carbonyl (C=O) groups is 1. The Morgan fingerprint density at radius 3 is 2.83 bits per heavy atom. The molecule has 0 aliphatic carbocycles. The van der Waals surface area contributed by atoms with Gasteiger partial charge in [-0.25, -0.2) is 8.78 Å². The molecule has 6 heteroatoms. The molecule has 122 valence electrons. The SMILES string of the molecule is N#Cc1cc(C(=O)N2CCNC(c3cccc(F)c3)C2)ccc1F. The van der Waals surface area contributed by atoms with Crippen LogP contribution in [0.25, 0.3) is 0 Å². The molecule has 24 heavy (non-hydrogen) atoms. The van der Waals surface area contributed by atoms with E-state index < -0.39 is 5.82 Å². The van der Waals surface area contributed by atoms with E-state index in [9.17, 15) is 13.6 Å². The molecule has 1 atom stereocenters. The monoisotopic (exact) mass is 327 g/mol. The first kappa shape index (κ1) is 16.1. The van der Waals surface area contributed by atoms with Gasteiger partial charge in [0, 0.05) is 25.2 Å². The minimum Gasteiger partial charge on any atom is -0.335 e. The Kier molecular flexibility index (Phi) is 4.54. The highest BCUT2D eigenvalue weighted by atomic mass is 19.1. The minimum absolute atomic E-state index is 0.155. The van der Waals surface area contributed by atoms with Crippen LogP contribution >= 0.6 is 0 Å². The van der Waals surface area contributed by atoms with Crippen LogP contribution in [0.2, 0.25) is 0 Å². The van der Waals surface area contributed by atoms with E-state index in [0.29, 0.717) is 19.6 Å². The molecule has 4 nitrogen and oxygen atoms in total. The van der Waals surface area contributed by atoms with Crippen LogP contribution in [0.3, 0.4) is 0 Å². The third kappa shape index (κ3) is 3.26. The van der Waals surface area contributed by atoms with Crippen LogP contribution in [0, 0.1) is 23.0 Å². The Labute approximate surface area is 138 Å². The fourth-order valence-corrected chi connectivity index (χ4v) is 2.81. The number of hydrogen-bond donors (Lipinski definition) is 1. The van der Waals surface area contributed by atoms with Gasteiger partial charge in [0.1, 0.15) is 17.7 Å². The van der Waals surface area contributed by atoms with Gasteiger partial charge >= 0.3 is 0 Å². The maximum absolute atomic E-state index is 13.4. The normalized spacial score (nSPS) is 17.4. The summed E-state index contributed by atoms with van der Waals surface area (Å²) in [6, 6.07) is 11.6. The molecule has 0 spiro atoms.